The summed E-state index contributed by atoms with van der Waals surface area (Å²) in [5.74, 6) is 2.53. The van der Waals surface area contributed by atoms with Crippen molar-refractivity contribution in [3.63, 3.8) is 0 Å². The van der Waals surface area contributed by atoms with E-state index in [-0.39, 0.29) is 11.6 Å². The van der Waals surface area contributed by atoms with E-state index in [1.165, 1.54) is 0 Å². The van der Waals surface area contributed by atoms with Crippen molar-refractivity contribution >= 4 is 28.5 Å². The third-order valence-electron chi connectivity index (χ3n) is 8.60. The highest BCUT2D eigenvalue weighted by Crippen LogP contribution is 2.47. The number of aryl methyl sites for hydroxylation is 2. The number of H-pyrrole nitrogens is 1. The van der Waals surface area contributed by atoms with Gasteiger partial charge in [-0.1, -0.05) is 18.2 Å². The van der Waals surface area contributed by atoms with Gasteiger partial charge in [-0.15, -0.1) is 0 Å². The number of benzene rings is 1. The average Bonchev–Trinajstić information content (AvgIpc) is 3.69. The van der Waals surface area contributed by atoms with Crippen LogP contribution in [-0.2, 0) is 13.5 Å². The van der Waals surface area contributed by atoms with Crippen LogP contribution in [0.15, 0.2) is 55.0 Å². The molecule has 40 heavy (non-hydrogen) atoms. The number of pyridine rings is 1. The van der Waals surface area contributed by atoms with Gasteiger partial charge in [0.05, 0.1) is 35.5 Å². The Labute approximate surface area is 231 Å². The van der Waals surface area contributed by atoms with Gasteiger partial charge in [-0.25, -0.2) is 9.97 Å². The molecule has 4 aromatic heterocycles. The summed E-state index contributed by atoms with van der Waals surface area (Å²) in [6.07, 6.45) is 9.26. The fourth-order valence-corrected chi connectivity index (χ4v) is 6.43. The molecule has 1 atom stereocenters. The molecule has 11 heteroatoms. The van der Waals surface area contributed by atoms with Crippen LogP contribution in [0.5, 0.6) is 5.75 Å². The normalized spacial score (nSPS) is 19.6. The lowest BCUT2D eigenvalue weighted by Crippen LogP contribution is -2.51. The number of nitrogens with two attached hydrogens (primary N) is 1. The third-order valence-corrected chi connectivity index (χ3v) is 8.60. The number of hydrogen-bond donors (Lipinski definition) is 2. The second-order valence-electron chi connectivity index (χ2n) is 11.0. The Hall–Kier alpha value is -4.51. The lowest BCUT2D eigenvalue weighted by atomic mass is 9.83. The van der Waals surface area contributed by atoms with Gasteiger partial charge in [0.1, 0.15) is 17.2 Å². The summed E-state index contributed by atoms with van der Waals surface area (Å²) in [6.45, 7) is 2.45. The lowest BCUT2D eigenvalue weighted by molar-refractivity contribution is 0.0431. The summed E-state index contributed by atoms with van der Waals surface area (Å²) in [5, 5.41) is 12.1. The van der Waals surface area contributed by atoms with Gasteiger partial charge in [-0.05, 0) is 31.0 Å². The molecule has 0 unspecified atom stereocenters. The lowest BCUT2D eigenvalue weighted by Gasteiger charge is -2.41. The number of para-hydroxylation sites is 1. The summed E-state index contributed by atoms with van der Waals surface area (Å²) in [6, 6.07) is 12.2. The zero-order chi connectivity index (χ0) is 26.8. The number of anilines is 3. The second-order valence-corrected chi connectivity index (χ2v) is 11.0. The monoisotopic (exact) mass is 534 g/mol. The molecule has 0 radical (unpaired) electrons. The van der Waals surface area contributed by atoms with Gasteiger partial charge >= 0.3 is 0 Å². The summed E-state index contributed by atoms with van der Waals surface area (Å²) in [4.78, 5) is 19.2. The Kier molecular flexibility index (Phi) is 5.12. The molecule has 0 saturated carbocycles. The fraction of sp³-hybridized carbons (Fsp3) is 0.345. The number of nitrogens with one attached hydrogen (secondary N) is 1. The maximum atomic E-state index is 6.66. The Bertz CT molecular complexity index is 1730. The number of piperidine rings is 1. The van der Waals surface area contributed by atoms with Crippen LogP contribution in [-0.4, -0.2) is 60.2 Å². The van der Waals surface area contributed by atoms with Crippen molar-refractivity contribution in [1.29, 1.82) is 0 Å². The van der Waals surface area contributed by atoms with Crippen molar-refractivity contribution in [2.24, 2.45) is 12.8 Å². The van der Waals surface area contributed by atoms with Crippen LogP contribution in [0, 0.1) is 0 Å². The molecule has 8 rings (SSSR count). The molecule has 1 spiro atoms. The molecule has 5 aromatic rings. The van der Waals surface area contributed by atoms with Crippen molar-refractivity contribution in [2.75, 3.05) is 29.4 Å². The van der Waals surface area contributed by atoms with E-state index in [4.69, 9.17) is 25.4 Å². The van der Waals surface area contributed by atoms with Crippen LogP contribution in [0.25, 0.3) is 22.4 Å². The van der Waals surface area contributed by atoms with Crippen molar-refractivity contribution in [3.05, 3.63) is 66.2 Å². The Morgan fingerprint density at radius 1 is 1.05 bits per heavy atom. The van der Waals surface area contributed by atoms with Gasteiger partial charge in [0, 0.05) is 56.8 Å². The van der Waals surface area contributed by atoms with Crippen molar-refractivity contribution in [1.82, 2.24) is 34.9 Å². The van der Waals surface area contributed by atoms with E-state index in [0.29, 0.717) is 5.65 Å². The minimum absolute atomic E-state index is 0.114. The minimum Gasteiger partial charge on any atom is -0.485 e. The predicted octanol–water partition coefficient (Wildman–Crippen LogP) is 3.66. The minimum atomic E-state index is -0.356. The molecule has 3 N–H and O–H groups in total. The quantitative estimate of drug-likeness (QED) is 0.356. The first-order valence-corrected chi connectivity index (χ1v) is 13.8. The maximum absolute atomic E-state index is 6.66. The highest BCUT2D eigenvalue weighted by molar-refractivity contribution is 5.87. The van der Waals surface area contributed by atoms with Crippen molar-refractivity contribution in [2.45, 2.75) is 37.3 Å². The van der Waals surface area contributed by atoms with E-state index in [9.17, 15) is 0 Å². The van der Waals surface area contributed by atoms with E-state index >= 15 is 0 Å². The third kappa shape index (κ3) is 3.57. The highest BCUT2D eigenvalue weighted by Gasteiger charge is 2.48. The zero-order valence-corrected chi connectivity index (χ0v) is 22.3. The van der Waals surface area contributed by atoms with Crippen LogP contribution in [0.1, 0.15) is 36.6 Å². The molecule has 0 amide bonds. The highest BCUT2D eigenvalue weighted by atomic mass is 16.5. The van der Waals surface area contributed by atoms with Crippen LogP contribution in [0.2, 0.25) is 0 Å². The van der Waals surface area contributed by atoms with E-state index < -0.39 is 0 Å². The summed E-state index contributed by atoms with van der Waals surface area (Å²) >= 11 is 0. The molecular formula is C29H30N10O. The van der Waals surface area contributed by atoms with Crippen LogP contribution in [0.4, 0.5) is 17.3 Å². The van der Waals surface area contributed by atoms with Crippen molar-refractivity contribution < 1.29 is 4.74 Å². The van der Waals surface area contributed by atoms with E-state index in [1.807, 2.05) is 49.9 Å². The number of ether oxygens (including phenoxy) is 1. The number of fused-ring (bicyclic) bond motifs is 3. The first kappa shape index (κ1) is 23.4. The van der Waals surface area contributed by atoms with E-state index in [0.717, 1.165) is 96.4 Å². The Balaban J connectivity index is 1.03. The molecule has 3 aliphatic heterocycles. The molecule has 0 aliphatic carbocycles. The van der Waals surface area contributed by atoms with Gasteiger partial charge in [0.2, 0.25) is 0 Å². The van der Waals surface area contributed by atoms with Crippen LogP contribution in [0.3, 0.4) is 0 Å². The standard InChI is InChI=1S/C29H30N10O/c1-37-17-18(15-32-37)20-8-9-22-21(33-20)6-4-12-39(22)28-25-27(35-36-28)34-24(16-31-25)38-13-10-29(11-14-38)26(30)19-5-2-3-7-23(19)40-29/h2-3,5,7-9,15-17,26H,4,6,10-14,30H2,1H3,(H,34,35,36)/t26-/m1/s1. The van der Waals surface area contributed by atoms with Gasteiger partial charge in [-0.3, -0.25) is 14.8 Å². The van der Waals surface area contributed by atoms with E-state index in [1.54, 1.807) is 4.68 Å². The van der Waals surface area contributed by atoms with Gasteiger partial charge in [-0.2, -0.15) is 10.2 Å². The predicted molar refractivity (Wildman–Crippen MR) is 152 cm³/mol. The Morgan fingerprint density at radius 2 is 1.93 bits per heavy atom. The molecule has 7 heterocycles. The molecule has 0 bridgehead atoms. The molecule has 1 aromatic carbocycles. The first-order valence-electron chi connectivity index (χ1n) is 13.8. The van der Waals surface area contributed by atoms with E-state index in [2.05, 4.69) is 37.2 Å². The smallest absolute Gasteiger partial charge is 0.183 e. The summed E-state index contributed by atoms with van der Waals surface area (Å²) in [7, 11) is 1.92. The maximum Gasteiger partial charge on any atom is 0.183 e. The second kappa shape index (κ2) is 8.75. The number of aromatic nitrogens is 7. The topological polar surface area (TPSA) is 127 Å². The Morgan fingerprint density at radius 3 is 2.75 bits per heavy atom. The van der Waals surface area contributed by atoms with Gasteiger partial charge in [0.15, 0.2) is 17.0 Å². The number of aromatic amines is 1. The van der Waals surface area contributed by atoms with Crippen LogP contribution < -0.4 is 20.3 Å². The number of rotatable bonds is 3. The summed E-state index contributed by atoms with van der Waals surface area (Å²) in [5.41, 5.74) is 12.9. The number of hydrogen-bond acceptors (Lipinski definition) is 9. The largest absolute Gasteiger partial charge is 0.485 e. The SMILES string of the molecule is Cn1cc(-c2ccc3c(n2)CCCN3c2n[nH]c3nc(N4CCC5(CC4)Oc4ccccc4[C@H]5N)cnc23)cn1. The number of nitrogens with zero attached hydrogens (tertiary/aromatic N) is 8. The molecular weight excluding hydrogens is 504 g/mol. The fourth-order valence-electron chi connectivity index (χ4n) is 6.43. The first-order chi connectivity index (χ1) is 19.6. The van der Waals surface area contributed by atoms with Crippen molar-refractivity contribution in [3.8, 4) is 17.0 Å². The zero-order valence-electron chi connectivity index (χ0n) is 22.3. The summed E-state index contributed by atoms with van der Waals surface area (Å²) < 4.78 is 8.21. The van der Waals surface area contributed by atoms with Gasteiger partial charge < -0.3 is 20.3 Å². The molecule has 1 fully saturated rings. The molecule has 11 nitrogen and oxygen atoms in total. The molecule has 202 valence electrons. The molecule has 1 saturated heterocycles. The van der Waals surface area contributed by atoms with Gasteiger partial charge in [0.25, 0.3) is 0 Å². The van der Waals surface area contributed by atoms with Crippen LogP contribution >= 0.6 is 0 Å². The molecule has 3 aliphatic rings. The average molecular weight is 535 g/mol.